The third kappa shape index (κ3) is 3.11. The summed E-state index contributed by atoms with van der Waals surface area (Å²) in [5, 5.41) is 6.85. The topological polar surface area (TPSA) is 0 Å². The maximum atomic E-state index is 9.22. The first-order chi connectivity index (χ1) is 22.2. The zero-order valence-corrected chi connectivity index (χ0v) is 20.2. The van der Waals surface area contributed by atoms with Crippen molar-refractivity contribution in [3.63, 3.8) is 0 Å². The first kappa shape index (κ1) is 14.7. The molecule has 0 amide bonds. The molecule has 176 valence electrons. The molecule has 0 fully saturated rings. The van der Waals surface area contributed by atoms with Gasteiger partial charge in [-0.1, -0.05) is 133 Å². The monoisotopic (exact) mass is 488 g/mol. The van der Waals surface area contributed by atoms with Crippen molar-refractivity contribution >= 4 is 53.9 Å². The van der Waals surface area contributed by atoms with Crippen molar-refractivity contribution in [2.75, 3.05) is 0 Å². The van der Waals surface area contributed by atoms with Crippen LogP contribution < -0.4 is 0 Å². The van der Waals surface area contributed by atoms with Gasteiger partial charge in [0.25, 0.3) is 0 Å². The van der Waals surface area contributed by atoms with Gasteiger partial charge in [-0.15, -0.1) is 0 Å². The van der Waals surface area contributed by atoms with E-state index >= 15 is 0 Å². The van der Waals surface area contributed by atoms with E-state index < -0.39 is 24.2 Å². The Labute approximate surface area is 232 Å². The Kier molecular flexibility index (Phi) is 3.21. The molecule has 0 unspecified atom stereocenters. The van der Waals surface area contributed by atoms with Crippen LogP contribution in [-0.2, 0) is 0 Å². The van der Waals surface area contributed by atoms with E-state index in [9.17, 15) is 2.74 Å². The predicted octanol–water partition coefficient (Wildman–Crippen LogP) is 10.8. The molecule has 0 radical (unpaired) electrons. The van der Waals surface area contributed by atoms with Gasteiger partial charge in [-0.05, 0) is 88.2 Å². The average molecular weight is 489 g/mol. The highest BCUT2D eigenvalue weighted by atomic mass is 14.2. The van der Waals surface area contributed by atoms with Crippen LogP contribution in [0.1, 0.15) is 11.0 Å². The third-order valence-corrected chi connectivity index (χ3v) is 7.45. The first-order valence-corrected chi connectivity index (χ1v) is 12.5. The van der Waals surface area contributed by atoms with Crippen molar-refractivity contribution in [3.8, 4) is 22.3 Å². The molecule has 0 saturated heterocycles. The fourth-order valence-corrected chi connectivity index (χ4v) is 5.79. The van der Waals surface area contributed by atoms with Gasteiger partial charge in [-0.25, -0.2) is 0 Å². The lowest BCUT2D eigenvalue weighted by molar-refractivity contribution is 1.66. The van der Waals surface area contributed by atoms with E-state index in [-0.39, 0.29) is 45.7 Å². The molecule has 38 heavy (non-hydrogen) atoms. The summed E-state index contributed by atoms with van der Waals surface area (Å²) in [5.41, 5.74) is 1.92. The van der Waals surface area contributed by atoms with Crippen LogP contribution in [0.4, 0.5) is 0 Å². The molecule has 8 aromatic carbocycles. The molecule has 0 aromatic heterocycles. The fourth-order valence-electron chi connectivity index (χ4n) is 5.79. The summed E-state index contributed by atoms with van der Waals surface area (Å²) in [6.45, 7) is 0. The summed E-state index contributed by atoms with van der Waals surface area (Å²) < 4.78 is 71.3. The fraction of sp³-hybridized carbons (Fsp3) is 0. The van der Waals surface area contributed by atoms with Crippen molar-refractivity contribution < 1.29 is 11.0 Å². The molecule has 0 aliphatic rings. The molecule has 0 heterocycles. The highest BCUT2D eigenvalue weighted by molar-refractivity contribution is 6.25. The SMILES string of the molecule is [2H]c1c([2H])c([2H])c2c(-c3cccc4c3ccc3cc5ccccc5cc34)c3c([2H])c([2H])c([2H])c([2H])c3c(-c3ccccc3)c2c1[2H]. The summed E-state index contributed by atoms with van der Waals surface area (Å²) in [6, 6.07) is 28.6. The van der Waals surface area contributed by atoms with Crippen molar-refractivity contribution in [1.82, 2.24) is 0 Å². The molecule has 0 spiro atoms. The van der Waals surface area contributed by atoms with Crippen LogP contribution in [-0.4, -0.2) is 0 Å². The Morgan fingerprint density at radius 3 is 1.66 bits per heavy atom. The van der Waals surface area contributed by atoms with Crippen LogP contribution in [0.3, 0.4) is 0 Å². The normalized spacial score (nSPS) is 14.6. The van der Waals surface area contributed by atoms with Gasteiger partial charge < -0.3 is 0 Å². The first-order valence-electron chi connectivity index (χ1n) is 16.5. The Bertz CT molecular complexity index is 2530. The highest BCUT2D eigenvalue weighted by Gasteiger charge is 2.18. The van der Waals surface area contributed by atoms with Crippen molar-refractivity contribution in [2.24, 2.45) is 0 Å². The zero-order valence-electron chi connectivity index (χ0n) is 28.2. The summed E-state index contributed by atoms with van der Waals surface area (Å²) in [7, 11) is 0. The van der Waals surface area contributed by atoms with Gasteiger partial charge in [0.2, 0.25) is 0 Å². The minimum Gasteiger partial charge on any atom is -0.0622 e. The molecular formula is C38H24. The highest BCUT2D eigenvalue weighted by Crippen LogP contribution is 2.45. The second kappa shape index (κ2) is 8.30. The Morgan fingerprint density at radius 1 is 0.368 bits per heavy atom. The molecule has 0 nitrogen and oxygen atoms in total. The summed E-state index contributed by atoms with van der Waals surface area (Å²) in [4.78, 5) is 0. The predicted molar refractivity (Wildman–Crippen MR) is 165 cm³/mol. The third-order valence-electron chi connectivity index (χ3n) is 7.45. The number of benzene rings is 8. The van der Waals surface area contributed by atoms with Crippen molar-refractivity contribution in [1.29, 1.82) is 0 Å². The summed E-state index contributed by atoms with van der Waals surface area (Å²) in [6.07, 6.45) is 0. The number of rotatable bonds is 2. The summed E-state index contributed by atoms with van der Waals surface area (Å²) >= 11 is 0. The minimum atomic E-state index is -0.407. The van der Waals surface area contributed by atoms with E-state index in [0.717, 1.165) is 32.3 Å². The van der Waals surface area contributed by atoms with E-state index in [4.69, 9.17) is 8.22 Å². The van der Waals surface area contributed by atoms with Gasteiger partial charge in [-0.2, -0.15) is 0 Å². The molecule has 0 N–H and O–H groups in total. The smallest absolute Gasteiger partial charge is 0.0622 e. The van der Waals surface area contributed by atoms with Gasteiger partial charge >= 0.3 is 0 Å². The molecular weight excluding hydrogens is 456 g/mol. The largest absolute Gasteiger partial charge is 0.0629 e. The number of hydrogen-bond acceptors (Lipinski definition) is 0. The Hall–Kier alpha value is -4.94. The lowest BCUT2D eigenvalue weighted by atomic mass is 9.84. The second-order valence-electron chi connectivity index (χ2n) is 9.50. The zero-order chi connectivity index (χ0) is 32.0. The van der Waals surface area contributed by atoms with Crippen LogP contribution in [0.15, 0.2) is 145 Å². The Morgan fingerprint density at radius 2 is 0.974 bits per heavy atom. The molecule has 8 rings (SSSR count). The molecule has 0 bridgehead atoms. The van der Waals surface area contributed by atoms with Gasteiger partial charge in [0, 0.05) is 0 Å². The molecule has 8 aromatic rings. The van der Waals surface area contributed by atoms with E-state index in [1.807, 2.05) is 48.5 Å². The lowest BCUT2D eigenvalue weighted by Crippen LogP contribution is -1.91. The summed E-state index contributed by atoms with van der Waals surface area (Å²) in [5.74, 6) is 0. The van der Waals surface area contributed by atoms with Crippen LogP contribution in [0.25, 0.3) is 76.1 Å². The van der Waals surface area contributed by atoms with Crippen molar-refractivity contribution in [3.05, 3.63) is 145 Å². The van der Waals surface area contributed by atoms with Gasteiger partial charge in [0.1, 0.15) is 0 Å². The molecule has 0 aliphatic heterocycles. The van der Waals surface area contributed by atoms with Crippen LogP contribution in [0.2, 0.25) is 0 Å². The number of fused-ring (bicyclic) bond motifs is 6. The van der Waals surface area contributed by atoms with E-state index in [1.165, 1.54) is 0 Å². The van der Waals surface area contributed by atoms with Crippen LogP contribution in [0.5, 0.6) is 0 Å². The van der Waals surface area contributed by atoms with Crippen molar-refractivity contribution in [2.45, 2.75) is 0 Å². The molecule has 0 heteroatoms. The minimum absolute atomic E-state index is 0.216. The Balaban J connectivity index is 1.67. The maximum Gasteiger partial charge on any atom is 0.0629 e. The van der Waals surface area contributed by atoms with Gasteiger partial charge in [-0.3, -0.25) is 0 Å². The quantitative estimate of drug-likeness (QED) is 0.168. The van der Waals surface area contributed by atoms with E-state index in [2.05, 4.69) is 24.3 Å². The van der Waals surface area contributed by atoms with E-state index in [0.29, 0.717) is 22.3 Å². The molecule has 0 atom stereocenters. The van der Waals surface area contributed by atoms with Crippen LogP contribution in [0, 0.1) is 0 Å². The van der Waals surface area contributed by atoms with Crippen LogP contribution >= 0.6 is 0 Å². The van der Waals surface area contributed by atoms with E-state index in [1.54, 1.807) is 24.3 Å². The number of hydrogen-bond donors (Lipinski definition) is 0. The van der Waals surface area contributed by atoms with Gasteiger partial charge in [0.05, 0.1) is 11.0 Å². The molecule has 0 aliphatic carbocycles. The van der Waals surface area contributed by atoms with Gasteiger partial charge in [0.15, 0.2) is 0 Å². The molecule has 0 saturated carbocycles. The maximum absolute atomic E-state index is 9.22. The average Bonchev–Trinajstić information content (AvgIpc) is 3.09. The lowest BCUT2D eigenvalue weighted by Gasteiger charge is -2.19. The standard InChI is InChI=1S/C38H24/c1-2-11-25(12-3-1)37-32-15-6-8-17-34(32)38(35-18-9-7-16-33(35)37)31-20-10-19-29-30(31)22-21-28-23-26-13-4-5-14-27(26)24-36(28)29/h1-24H/i6D,7D,8D,9D,15D,16D,17D,18D. The second-order valence-corrected chi connectivity index (χ2v) is 9.50.